The van der Waals surface area contributed by atoms with Crippen LogP contribution in [0.25, 0.3) is 0 Å². The lowest BCUT2D eigenvalue weighted by Crippen LogP contribution is -2.42. The molecule has 0 bridgehead atoms. The second-order valence-electron chi connectivity index (χ2n) is 5.94. The van der Waals surface area contributed by atoms with Gasteiger partial charge in [-0.05, 0) is 13.0 Å². The molecule has 122 valence electrons. The number of hydrogen-bond donors (Lipinski definition) is 0. The first-order valence-electron chi connectivity index (χ1n) is 7.74. The maximum atomic E-state index is 5.95. The Kier molecular flexibility index (Phi) is 3.66. The molecule has 0 aliphatic carbocycles. The van der Waals surface area contributed by atoms with E-state index in [4.69, 9.17) is 18.6 Å². The van der Waals surface area contributed by atoms with Crippen molar-refractivity contribution in [1.82, 2.24) is 15.1 Å². The van der Waals surface area contributed by atoms with E-state index >= 15 is 0 Å². The van der Waals surface area contributed by atoms with Crippen molar-refractivity contribution >= 4 is 0 Å². The number of morpholine rings is 1. The standard InChI is InChI=1S/C16H19N3O4/c1-10-6-19(8-14(22-10)16-18-17-11(2)23-16)7-12-4-3-5-13-15(12)21-9-20-13/h3-5,10,14H,6-9H2,1-2H3/t10-,14-/m1/s1. The maximum absolute atomic E-state index is 5.95. The molecule has 1 aromatic heterocycles. The Balaban J connectivity index is 1.51. The van der Waals surface area contributed by atoms with E-state index < -0.39 is 0 Å². The van der Waals surface area contributed by atoms with Crippen molar-refractivity contribution in [2.45, 2.75) is 32.6 Å². The summed E-state index contributed by atoms with van der Waals surface area (Å²) in [7, 11) is 0. The van der Waals surface area contributed by atoms with Crippen LogP contribution in [0.2, 0.25) is 0 Å². The first kappa shape index (κ1) is 14.5. The number of nitrogens with zero attached hydrogens (tertiary/aromatic N) is 3. The first-order chi connectivity index (χ1) is 11.2. The summed E-state index contributed by atoms with van der Waals surface area (Å²) in [5.41, 5.74) is 1.12. The number of aromatic nitrogens is 2. The predicted molar refractivity (Wildman–Crippen MR) is 80.2 cm³/mol. The number of hydrogen-bond acceptors (Lipinski definition) is 7. The summed E-state index contributed by atoms with van der Waals surface area (Å²) in [6.45, 7) is 6.44. The highest BCUT2D eigenvalue weighted by molar-refractivity contribution is 5.48. The van der Waals surface area contributed by atoms with Crippen molar-refractivity contribution in [1.29, 1.82) is 0 Å². The number of aryl methyl sites for hydroxylation is 1. The second-order valence-corrected chi connectivity index (χ2v) is 5.94. The van der Waals surface area contributed by atoms with Gasteiger partial charge in [0, 0.05) is 32.1 Å². The zero-order valence-electron chi connectivity index (χ0n) is 13.2. The normalized spacial score (nSPS) is 24.1. The zero-order chi connectivity index (χ0) is 15.8. The Morgan fingerprint density at radius 2 is 2.13 bits per heavy atom. The molecule has 0 saturated carbocycles. The van der Waals surface area contributed by atoms with Crippen molar-refractivity contribution in [3.63, 3.8) is 0 Å². The third kappa shape index (κ3) is 2.89. The van der Waals surface area contributed by atoms with Crippen molar-refractivity contribution in [3.05, 3.63) is 35.5 Å². The second kappa shape index (κ2) is 5.82. The molecule has 1 fully saturated rings. The molecule has 0 spiro atoms. The quantitative estimate of drug-likeness (QED) is 0.858. The molecule has 2 aliphatic heterocycles. The molecule has 0 radical (unpaired) electrons. The summed E-state index contributed by atoms with van der Waals surface area (Å²) < 4.78 is 22.5. The van der Waals surface area contributed by atoms with Gasteiger partial charge >= 0.3 is 0 Å². The number of para-hydroxylation sites is 1. The first-order valence-corrected chi connectivity index (χ1v) is 7.74. The summed E-state index contributed by atoms with van der Waals surface area (Å²) >= 11 is 0. The molecule has 1 saturated heterocycles. The van der Waals surface area contributed by atoms with Crippen LogP contribution < -0.4 is 9.47 Å². The lowest BCUT2D eigenvalue weighted by Gasteiger charge is -2.35. The molecule has 3 heterocycles. The average Bonchev–Trinajstić information content (AvgIpc) is 3.16. The third-order valence-corrected chi connectivity index (χ3v) is 4.03. The summed E-state index contributed by atoms with van der Waals surface area (Å²) in [5, 5.41) is 7.98. The number of benzene rings is 1. The topological polar surface area (TPSA) is 69.9 Å². The molecule has 2 atom stereocenters. The third-order valence-electron chi connectivity index (χ3n) is 4.03. The molecule has 7 nitrogen and oxygen atoms in total. The summed E-state index contributed by atoms with van der Waals surface area (Å²) in [6, 6.07) is 5.99. The highest BCUT2D eigenvalue weighted by Crippen LogP contribution is 2.36. The van der Waals surface area contributed by atoms with E-state index in [0.717, 1.165) is 30.2 Å². The Labute approximate surface area is 134 Å². The minimum Gasteiger partial charge on any atom is -0.454 e. The van der Waals surface area contributed by atoms with E-state index in [2.05, 4.69) is 28.1 Å². The van der Waals surface area contributed by atoms with Crippen molar-refractivity contribution < 1.29 is 18.6 Å². The van der Waals surface area contributed by atoms with Crippen LogP contribution in [0.1, 0.15) is 30.4 Å². The Morgan fingerprint density at radius 3 is 2.96 bits per heavy atom. The van der Waals surface area contributed by atoms with Gasteiger partial charge in [-0.1, -0.05) is 12.1 Å². The van der Waals surface area contributed by atoms with Gasteiger partial charge < -0.3 is 18.6 Å². The predicted octanol–water partition coefficient (Wildman–Crippen LogP) is 2.07. The minimum absolute atomic E-state index is 0.0925. The van der Waals surface area contributed by atoms with E-state index in [1.54, 1.807) is 6.92 Å². The summed E-state index contributed by atoms with van der Waals surface area (Å²) in [4.78, 5) is 2.32. The smallest absolute Gasteiger partial charge is 0.246 e. The number of rotatable bonds is 3. The minimum atomic E-state index is -0.200. The Bertz CT molecular complexity index is 702. The highest BCUT2D eigenvalue weighted by Gasteiger charge is 2.31. The van der Waals surface area contributed by atoms with Gasteiger partial charge in [-0.15, -0.1) is 10.2 Å². The van der Waals surface area contributed by atoms with Crippen LogP contribution in [-0.4, -0.2) is 41.1 Å². The van der Waals surface area contributed by atoms with Gasteiger partial charge in [0.25, 0.3) is 0 Å². The molecule has 0 N–H and O–H groups in total. The molecule has 1 aromatic carbocycles. The fraction of sp³-hybridized carbons (Fsp3) is 0.500. The maximum Gasteiger partial charge on any atom is 0.246 e. The fourth-order valence-corrected chi connectivity index (χ4v) is 3.10. The van der Waals surface area contributed by atoms with Crippen molar-refractivity contribution in [2.75, 3.05) is 19.9 Å². The van der Waals surface area contributed by atoms with E-state index in [-0.39, 0.29) is 19.0 Å². The largest absolute Gasteiger partial charge is 0.454 e. The fourth-order valence-electron chi connectivity index (χ4n) is 3.10. The SMILES string of the molecule is Cc1nnc([C@H]2CN(Cc3cccc4c3OCO4)C[C@@H](C)O2)o1. The molecule has 4 rings (SSSR count). The average molecular weight is 317 g/mol. The Hall–Kier alpha value is -2.12. The molecular formula is C16H19N3O4. The van der Waals surface area contributed by atoms with Gasteiger partial charge in [0.05, 0.1) is 6.10 Å². The van der Waals surface area contributed by atoms with E-state index in [1.165, 1.54) is 0 Å². The van der Waals surface area contributed by atoms with Crippen LogP contribution in [0.5, 0.6) is 11.5 Å². The van der Waals surface area contributed by atoms with Crippen LogP contribution >= 0.6 is 0 Å². The van der Waals surface area contributed by atoms with E-state index in [9.17, 15) is 0 Å². The lowest BCUT2D eigenvalue weighted by atomic mass is 10.1. The molecular weight excluding hydrogens is 298 g/mol. The van der Waals surface area contributed by atoms with Gasteiger partial charge in [-0.25, -0.2) is 0 Å². The summed E-state index contributed by atoms with van der Waals surface area (Å²) in [6.07, 6.45) is -0.108. The van der Waals surface area contributed by atoms with Crippen molar-refractivity contribution in [2.24, 2.45) is 0 Å². The highest BCUT2D eigenvalue weighted by atomic mass is 16.7. The zero-order valence-corrected chi connectivity index (χ0v) is 13.2. The van der Waals surface area contributed by atoms with Gasteiger partial charge in [0.2, 0.25) is 18.6 Å². The monoisotopic (exact) mass is 317 g/mol. The molecule has 2 aromatic rings. The number of ether oxygens (including phenoxy) is 3. The van der Waals surface area contributed by atoms with Crippen LogP contribution in [-0.2, 0) is 11.3 Å². The molecule has 7 heteroatoms. The van der Waals surface area contributed by atoms with E-state index in [0.29, 0.717) is 18.3 Å². The lowest BCUT2D eigenvalue weighted by molar-refractivity contribution is -0.0918. The van der Waals surface area contributed by atoms with Gasteiger partial charge in [0.1, 0.15) is 6.10 Å². The molecule has 0 amide bonds. The van der Waals surface area contributed by atoms with Crippen LogP contribution in [0.4, 0.5) is 0 Å². The van der Waals surface area contributed by atoms with Gasteiger partial charge in [-0.3, -0.25) is 4.90 Å². The van der Waals surface area contributed by atoms with Gasteiger partial charge in [0.15, 0.2) is 11.5 Å². The summed E-state index contributed by atoms with van der Waals surface area (Å²) in [5.74, 6) is 2.75. The van der Waals surface area contributed by atoms with Crippen LogP contribution in [0.15, 0.2) is 22.6 Å². The molecule has 2 aliphatic rings. The van der Waals surface area contributed by atoms with E-state index in [1.807, 2.05) is 12.1 Å². The number of fused-ring (bicyclic) bond motifs is 1. The molecule has 0 unspecified atom stereocenters. The Morgan fingerprint density at radius 1 is 1.22 bits per heavy atom. The van der Waals surface area contributed by atoms with Crippen LogP contribution in [0, 0.1) is 6.92 Å². The van der Waals surface area contributed by atoms with Crippen molar-refractivity contribution in [3.8, 4) is 11.5 Å². The van der Waals surface area contributed by atoms with Gasteiger partial charge in [-0.2, -0.15) is 0 Å². The van der Waals surface area contributed by atoms with Crippen LogP contribution in [0.3, 0.4) is 0 Å². The molecule has 23 heavy (non-hydrogen) atoms.